The van der Waals surface area contributed by atoms with Crippen molar-refractivity contribution < 1.29 is 14.3 Å². The van der Waals surface area contributed by atoms with Crippen LogP contribution in [0.5, 0.6) is 0 Å². The molecule has 1 aliphatic carbocycles. The molecule has 0 spiro atoms. The van der Waals surface area contributed by atoms with Gasteiger partial charge in [0.05, 0.1) is 31.4 Å². The fourth-order valence-electron chi connectivity index (χ4n) is 1.30. The van der Waals surface area contributed by atoms with Gasteiger partial charge in [-0.05, 0) is 6.92 Å². The molecular formula is C14H17N2O3+. The summed E-state index contributed by atoms with van der Waals surface area (Å²) in [5, 5.41) is 7.67. The Bertz CT molecular complexity index is 434. The smallest absolute Gasteiger partial charge is 0.351 e. The van der Waals surface area contributed by atoms with E-state index in [0.29, 0.717) is 25.5 Å². The molecule has 1 rings (SSSR count). The van der Waals surface area contributed by atoms with Gasteiger partial charge in [-0.15, -0.1) is 16.8 Å². The zero-order valence-electron chi connectivity index (χ0n) is 10.9. The first-order valence-electron chi connectivity index (χ1n) is 5.95. The second-order valence-corrected chi connectivity index (χ2v) is 3.53. The molecule has 0 aromatic carbocycles. The van der Waals surface area contributed by atoms with E-state index in [1.165, 1.54) is 0 Å². The Kier molecular flexibility index (Phi) is 6.97. The minimum absolute atomic E-state index is 0.316. The third kappa shape index (κ3) is 5.83. The molecule has 0 amide bonds. The van der Waals surface area contributed by atoms with Crippen LogP contribution in [0.15, 0.2) is 46.7 Å². The van der Waals surface area contributed by atoms with E-state index in [4.69, 9.17) is 9.47 Å². The molecule has 5 heteroatoms. The molecular weight excluding hydrogens is 244 g/mol. The molecule has 0 aromatic rings. The highest BCUT2D eigenvalue weighted by molar-refractivity contribution is 6.23. The molecule has 0 unspecified atom stereocenters. The van der Waals surface area contributed by atoms with Crippen LogP contribution in [-0.2, 0) is 14.3 Å². The number of allylic oxidation sites excluding steroid dienone is 3. The first-order valence-corrected chi connectivity index (χ1v) is 5.95. The standard InChI is InChI=1S/C14H17N2O3/c1-3-9-18-11-12-7-5-6-8-13(12)16-15-10-14(17)19-4-2/h3,5-8,10H,1,4,9,11H2,2H3/q+1/b15-10+,16-13+. The van der Waals surface area contributed by atoms with Gasteiger partial charge in [-0.25, -0.2) is 4.79 Å². The summed E-state index contributed by atoms with van der Waals surface area (Å²) in [4.78, 5) is 11.1. The molecule has 0 aliphatic heterocycles. The third-order valence-electron chi connectivity index (χ3n) is 2.10. The van der Waals surface area contributed by atoms with Gasteiger partial charge in [-0.2, -0.15) is 0 Å². The summed E-state index contributed by atoms with van der Waals surface area (Å²) in [5.74, 6) is -0.508. The topological polar surface area (TPSA) is 60.2 Å². The average molecular weight is 261 g/mol. The maximum Gasteiger partial charge on any atom is 0.351 e. The van der Waals surface area contributed by atoms with Crippen molar-refractivity contribution in [1.29, 1.82) is 0 Å². The van der Waals surface area contributed by atoms with E-state index in [1.54, 1.807) is 19.1 Å². The zero-order chi connectivity index (χ0) is 13.9. The highest BCUT2D eigenvalue weighted by atomic mass is 16.5. The van der Waals surface area contributed by atoms with Crippen molar-refractivity contribution in [3.63, 3.8) is 0 Å². The fourth-order valence-corrected chi connectivity index (χ4v) is 1.30. The lowest BCUT2D eigenvalue weighted by Gasteiger charge is -2.02. The fraction of sp³-hybridized carbons (Fsp3) is 0.286. The first kappa shape index (κ1) is 14.9. The van der Waals surface area contributed by atoms with Gasteiger partial charge in [-0.3, -0.25) is 0 Å². The predicted molar refractivity (Wildman–Crippen MR) is 75.1 cm³/mol. The van der Waals surface area contributed by atoms with E-state index in [-0.39, 0.29) is 0 Å². The Balaban J connectivity index is 2.59. The summed E-state index contributed by atoms with van der Waals surface area (Å²) in [6.45, 7) is 6.51. The van der Waals surface area contributed by atoms with Gasteiger partial charge in [0.25, 0.3) is 0 Å². The SMILES string of the molecule is C=CCOCC1=C[CH+]C=C/C1=N\N=C\C(=O)OCC. The van der Waals surface area contributed by atoms with E-state index in [9.17, 15) is 4.79 Å². The van der Waals surface area contributed by atoms with Crippen LogP contribution in [0.1, 0.15) is 6.92 Å². The van der Waals surface area contributed by atoms with Crippen molar-refractivity contribution in [2.24, 2.45) is 10.2 Å². The van der Waals surface area contributed by atoms with Gasteiger partial charge in [0.2, 0.25) is 0 Å². The van der Waals surface area contributed by atoms with Crippen LogP contribution in [-0.4, -0.2) is 37.7 Å². The largest absolute Gasteiger partial charge is 0.462 e. The van der Waals surface area contributed by atoms with Crippen molar-refractivity contribution >= 4 is 17.9 Å². The van der Waals surface area contributed by atoms with Crippen molar-refractivity contribution in [3.05, 3.63) is 42.9 Å². The minimum Gasteiger partial charge on any atom is -0.462 e. The monoisotopic (exact) mass is 261 g/mol. The van der Waals surface area contributed by atoms with E-state index >= 15 is 0 Å². The van der Waals surface area contributed by atoms with Crippen LogP contribution < -0.4 is 0 Å². The maximum atomic E-state index is 11.1. The molecule has 19 heavy (non-hydrogen) atoms. The third-order valence-corrected chi connectivity index (χ3v) is 2.10. The summed E-state index contributed by atoms with van der Waals surface area (Å²) >= 11 is 0. The van der Waals surface area contributed by atoms with E-state index in [1.807, 2.05) is 18.6 Å². The van der Waals surface area contributed by atoms with E-state index < -0.39 is 5.97 Å². The van der Waals surface area contributed by atoms with Gasteiger partial charge >= 0.3 is 5.97 Å². The molecule has 0 saturated heterocycles. The van der Waals surface area contributed by atoms with Gasteiger partial charge in [0, 0.05) is 6.42 Å². The summed E-state index contributed by atoms with van der Waals surface area (Å²) < 4.78 is 10.1. The van der Waals surface area contributed by atoms with Crippen LogP contribution in [0.25, 0.3) is 0 Å². The average Bonchev–Trinajstić information content (AvgIpc) is 2.41. The number of rotatable bonds is 7. The molecule has 0 aromatic heterocycles. The number of esters is 1. The molecule has 5 nitrogen and oxygen atoms in total. The lowest BCUT2D eigenvalue weighted by molar-refractivity contribution is -0.134. The lowest BCUT2D eigenvalue weighted by atomic mass is 10.0. The van der Waals surface area contributed by atoms with Crippen molar-refractivity contribution in [2.75, 3.05) is 19.8 Å². The van der Waals surface area contributed by atoms with Crippen molar-refractivity contribution in [2.45, 2.75) is 6.92 Å². The van der Waals surface area contributed by atoms with Crippen molar-refractivity contribution in [1.82, 2.24) is 0 Å². The van der Waals surface area contributed by atoms with Gasteiger partial charge in [0.1, 0.15) is 18.4 Å². The minimum atomic E-state index is -0.508. The van der Waals surface area contributed by atoms with E-state index in [2.05, 4.69) is 16.8 Å². The molecule has 1 aliphatic rings. The molecule has 0 bridgehead atoms. The Morgan fingerprint density at radius 3 is 3.16 bits per heavy atom. The highest BCUT2D eigenvalue weighted by Gasteiger charge is 2.16. The summed E-state index contributed by atoms with van der Waals surface area (Å²) in [6.07, 6.45) is 10.1. The van der Waals surface area contributed by atoms with Crippen LogP contribution >= 0.6 is 0 Å². The Morgan fingerprint density at radius 1 is 1.58 bits per heavy atom. The molecule has 0 heterocycles. The predicted octanol–water partition coefficient (Wildman–Crippen LogP) is 1.88. The second-order valence-electron chi connectivity index (χ2n) is 3.53. The van der Waals surface area contributed by atoms with Gasteiger partial charge in [-0.1, -0.05) is 6.08 Å². The Morgan fingerprint density at radius 2 is 2.42 bits per heavy atom. The second kappa shape index (κ2) is 8.88. The normalized spacial score (nSPS) is 16.3. The molecule has 100 valence electrons. The van der Waals surface area contributed by atoms with Crippen LogP contribution in [0.4, 0.5) is 0 Å². The number of ether oxygens (including phenoxy) is 2. The molecule has 0 radical (unpaired) electrons. The number of carbonyl (C=O) groups excluding carboxylic acids is 1. The quantitative estimate of drug-likeness (QED) is 0.175. The van der Waals surface area contributed by atoms with E-state index in [0.717, 1.165) is 11.8 Å². The summed E-state index contributed by atoms with van der Waals surface area (Å²) in [6, 6.07) is 0. The summed E-state index contributed by atoms with van der Waals surface area (Å²) in [7, 11) is 0. The van der Waals surface area contributed by atoms with Crippen LogP contribution in [0.2, 0.25) is 0 Å². The highest BCUT2D eigenvalue weighted by Crippen LogP contribution is 2.09. The molecule has 0 atom stereocenters. The van der Waals surface area contributed by atoms with Crippen molar-refractivity contribution in [3.8, 4) is 0 Å². The number of nitrogens with zero attached hydrogens (tertiary/aromatic N) is 2. The molecule has 0 saturated carbocycles. The van der Waals surface area contributed by atoms with Crippen LogP contribution in [0, 0.1) is 6.42 Å². The van der Waals surface area contributed by atoms with Crippen LogP contribution in [0.3, 0.4) is 0 Å². The van der Waals surface area contributed by atoms with Gasteiger partial charge in [0.15, 0.2) is 5.71 Å². The lowest BCUT2D eigenvalue weighted by Crippen LogP contribution is -2.10. The molecule has 0 N–H and O–H groups in total. The number of hydrogen-bond donors (Lipinski definition) is 0. The maximum absolute atomic E-state index is 11.1. The zero-order valence-corrected chi connectivity index (χ0v) is 10.9. The molecule has 0 fully saturated rings. The Hall–Kier alpha value is -2.14. The number of carbonyl (C=O) groups is 1. The first-order chi connectivity index (χ1) is 9.27. The number of hydrogen-bond acceptors (Lipinski definition) is 5. The van der Waals surface area contributed by atoms with Gasteiger partial charge < -0.3 is 9.47 Å². The Labute approximate surface area is 113 Å². The summed E-state index contributed by atoms with van der Waals surface area (Å²) in [5.41, 5.74) is 1.55.